The van der Waals surface area contributed by atoms with E-state index in [1.807, 2.05) is 31.3 Å². The number of nitrogens with zero attached hydrogens (tertiary/aromatic N) is 4. The van der Waals surface area contributed by atoms with Crippen molar-refractivity contribution in [2.75, 3.05) is 0 Å². The van der Waals surface area contributed by atoms with Gasteiger partial charge in [0.2, 0.25) is 0 Å². The zero-order valence-corrected chi connectivity index (χ0v) is 15.4. The molecule has 2 aromatic heterocycles. The summed E-state index contributed by atoms with van der Waals surface area (Å²) >= 11 is 3.16. The van der Waals surface area contributed by atoms with Crippen LogP contribution in [0.1, 0.15) is 49.9 Å². The standard InChI is InChI=1S/C18H21N5Se/c1-13(16-4-2-3-9-20-16)22-23-18(24)15-7-5-14(6-8-15)17-12-19-10-11-21-17/h2-4,9-12,14-15H,5-8H2,1H3,(H,23,24). The Morgan fingerprint density at radius 2 is 1.96 bits per heavy atom. The molecule has 0 saturated heterocycles. The van der Waals surface area contributed by atoms with Crippen molar-refractivity contribution >= 4 is 25.8 Å². The molecule has 1 aliphatic carbocycles. The van der Waals surface area contributed by atoms with Crippen LogP contribution in [0, 0.1) is 5.92 Å². The van der Waals surface area contributed by atoms with Gasteiger partial charge in [-0.05, 0) is 0 Å². The Labute approximate surface area is 150 Å². The molecule has 0 bridgehead atoms. The van der Waals surface area contributed by atoms with Crippen molar-refractivity contribution in [1.29, 1.82) is 0 Å². The van der Waals surface area contributed by atoms with Crippen molar-refractivity contribution in [2.45, 2.75) is 38.5 Å². The van der Waals surface area contributed by atoms with Gasteiger partial charge in [-0.15, -0.1) is 0 Å². The Morgan fingerprint density at radius 3 is 2.62 bits per heavy atom. The van der Waals surface area contributed by atoms with Gasteiger partial charge in [-0.3, -0.25) is 0 Å². The van der Waals surface area contributed by atoms with Gasteiger partial charge in [0.25, 0.3) is 0 Å². The molecule has 0 aliphatic heterocycles. The second-order valence-corrected chi connectivity index (χ2v) is 6.99. The van der Waals surface area contributed by atoms with Crippen LogP contribution in [0.5, 0.6) is 0 Å². The van der Waals surface area contributed by atoms with Crippen LogP contribution in [-0.4, -0.2) is 40.8 Å². The van der Waals surface area contributed by atoms with Crippen molar-refractivity contribution in [3.8, 4) is 0 Å². The van der Waals surface area contributed by atoms with E-state index in [2.05, 4.69) is 41.1 Å². The predicted molar refractivity (Wildman–Crippen MR) is 97.1 cm³/mol. The molecule has 2 aromatic rings. The van der Waals surface area contributed by atoms with Crippen LogP contribution in [0.2, 0.25) is 0 Å². The van der Waals surface area contributed by atoms with Crippen molar-refractivity contribution < 1.29 is 0 Å². The molecule has 1 aliphatic rings. The SMILES string of the molecule is CC(=NNC(=[Se])C1CCC(c2cnccn2)CC1)c1ccccn1. The minimum atomic E-state index is 0.512. The first-order valence-corrected chi connectivity index (χ1v) is 9.11. The summed E-state index contributed by atoms with van der Waals surface area (Å²) in [6.07, 6.45) is 11.7. The Bertz CT molecular complexity index is 694. The van der Waals surface area contributed by atoms with Gasteiger partial charge in [0.15, 0.2) is 0 Å². The molecule has 0 spiro atoms. The maximum atomic E-state index is 4.46. The molecule has 0 atom stereocenters. The molecule has 1 N–H and O–H groups in total. The third kappa shape index (κ3) is 4.34. The second kappa shape index (κ2) is 8.27. The monoisotopic (exact) mass is 387 g/mol. The molecule has 0 amide bonds. The Hall–Kier alpha value is -1.91. The number of hydrogen-bond acceptors (Lipinski definition) is 5. The van der Waals surface area contributed by atoms with E-state index in [1.54, 1.807) is 18.6 Å². The topological polar surface area (TPSA) is 63.1 Å². The minimum absolute atomic E-state index is 0.512. The molecule has 124 valence electrons. The molecule has 2 heterocycles. The third-order valence-corrected chi connectivity index (χ3v) is 5.36. The molecular formula is C18H21N5Se. The Balaban J connectivity index is 1.52. The van der Waals surface area contributed by atoms with E-state index in [1.165, 1.54) is 0 Å². The van der Waals surface area contributed by atoms with Crippen molar-refractivity contribution in [3.63, 3.8) is 0 Å². The molecule has 0 unspecified atom stereocenters. The number of nitrogens with one attached hydrogen (secondary N) is 1. The predicted octanol–water partition coefficient (Wildman–Crippen LogP) is 2.46. The summed E-state index contributed by atoms with van der Waals surface area (Å²) < 4.78 is 1.11. The second-order valence-electron chi connectivity index (χ2n) is 6.07. The fourth-order valence-corrected chi connectivity index (χ4v) is 3.63. The summed E-state index contributed by atoms with van der Waals surface area (Å²) in [6, 6.07) is 5.84. The van der Waals surface area contributed by atoms with E-state index < -0.39 is 0 Å². The van der Waals surface area contributed by atoms with Crippen molar-refractivity contribution in [1.82, 2.24) is 20.4 Å². The molecular weight excluding hydrogens is 365 g/mol. The van der Waals surface area contributed by atoms with E-state index in [9.17, 15) is 0 Å². The molecule has 6 heteroatoms. The van der Waals surface area contributed by atoms with Gasteiger partial charge in [0.05, 0.1) is 0 Å². The number of rotatable bonds is 5. The zero-order valence-electron chi connectivity index (χ0n) is 13.7. The van der Waals surface area contributed by atoms with Crippen LogP contribution >= 0.6 is 0 Å². The van der Waals surface area contributed by atoms with Gasteiger partial charge in [0, 0.05) is 0 Å². The summed E-state index contributed by atoms with van der Waals surface area (Å²) in [6.45, 7) is 1.97. The van der Waals surface area contributed by atoms with E-state index in [-0.39, 0.29) is 0 Å². The summed E-state index contributed by atoms with van der Waals surface area (Å²) in [7, 11) is 0. The molecule has 3 rings (SSSR count). The first-order valence-electron chi connectivity index (χ1n) is 8.25. The summed E-state index contributed by atoms with van der Waals surface area (Å²) in [4.78, 5) is 12.9. The molecule has 0 aromatic carbocycles. The van der Waals surface area contributed by atoms with E-state index in [0.717, 1.165) is 47.3 Å². The van der Waals surface area contributed by atoms with Crippen LogP contribution in [0.4, 0.5) is 0 Å². The first-order chi connectivity index (χ1) is 11.7. The fourth-order valence-electron chi connectivity index (χ4n) is 3.04. The van der Waals surface area contributed by atoms with Crippen LogP contribution in [0.3, 0.4) is 0 Å². The van der Waals surface area contributed by atoms with Gasteiger partial charge in [-0.25, -0.2) is 0 Å². The zero-order chi connectivity index (χ0) is 16.8. The third-order valence-electron chi connectivity index (χ3n) is 4.47. The van der Waals surface area contributed by atoms with Gasteiger partial charge in [-0.2, -0.15) is 0 Å². The Morgan fingerprint density at radius 1 is 1.12 bits per heavy atom. The van der Waals surface area contributed by atoms with Crippen molar-refractivity contribution in [2.24, 2.45) is 11.0 Å². The van der Waals surface area contributed by atoms with Crippen LogP contribution < -0.4 is 5.43 Å². The number of hydrogen-bond donors (Lipinski definition) is 1. The quantitative estimate of drug-likeness (QED) is 0.487. The van der Waals surface area contributed by atoms with Gasteiger partial charge in [0.1, 0.15) is 0 Å². The van der Waals surface area contributed by atoms with Crippen LogP contribution in [0.25, 0.3) is 0 Å². The number of hydrazone groups is 1. The average molecular weight is 386 g/mol. The molecule has 24 heavy (non-hydrogen) atoms. The van der Waals surface area contributed by atoms with Crippen molar-refractivity contribution in [3.05, 3.63) is 54.4 Å². The molecule has 0 radical (unpaired) electrons. The normalized spacial score (nSPS) is 21.3. The van der Waals surface area contributed by atoms with E-state index in [4.69, 9.17) is 0 Å². The van der Waals surface area contributed by atoms with Crippen LogP contribution in [-0.2, 0) is 0 Å². The molecule has 1 fully saturated rings. The molecule has 1 saturated carbocycles. The summed E-state index contributed by atoms with van der Waals surface area (Å²) in [5.74, 6) is 1.04. The van der Waals surface area contributed by atoms with Gasteiger partial charge < -0.3 is 0 Å². The number of aromatic nitrogens is 3. The summed E-state index contributed by atoms with van der Waals surface area (Å²) in [5.41, 5.74) is 6.08. The van der Waals surface area contributed by atoms with E-state index in [0.29, 0.717) is 11.8 Å². The average Bonchev–Trinajstić information content (AvgIpc) is 2.67. The fraction of sp³-hybridized carbons (Fsp3) is 0.389. The maximum absolute atomic E-state index is 4.46. The van der Waals surface area contributed by atoms with Crippen LogP contribution in [0.15, 0.2) is 48.1 Å². The van der Waals surface area contributed by atoms with Gasteiger partial charge in [-0.1, -0.05) is 0 Å². The summed E-state index contributed by atoms with van der Waals surface area (Å²) in [5, 5.41) is 4.46. The van der Waals surface area contributed by atoms with E-state index >= 15 is 0 Å². The molecule has 5 nitrogen and oxygen atoms in total. The Kier molecular flexibility index (Phi) is 5.83. The van der Waals surface area contributed by atoms with Gasteiger partial charge >= 0.3 is 150 Å². The first kappa shape index (κ1) is 16.9. The number of pyridine rings is 1.